The molecule has 1 saturated carbocycles. The maximum absolute atomic E-state index is 15.1. The van der Waals surface area contributed by atoms with Crippen LogP contribution in [0.5, 0.6) is 0 Å². The van der Waals surface area contributed by atoms with E-state index in [1.807, 2.05) is 11.6 Å². The molecular weight excluding hydrogens is 536 g/mol. The van der Waals surface area contributed by atoms with Crippen molar-refractivity contribution in [1.82, 2.24) is 29.2 Å². The van der Waals surface area contributed by atoms with Crippen molar-refractivity contribution in [2.75, 3.05) is 13.1 Å². The molecule has 1 aliphatic heterocycles. The number of benzene rings is 2. The van der Waals surface area contributed by atoms with E-state index in [1.54, 1.807) is 12.4 Å². The number of fused-ring (bicyclic) bond motifs is 1. The summed E-state index contributed by atoms with van der Waals surface area (Å²) < 4.78 is 60.5. The fraction of sp³-hybridized carbons (Fsp3) is 0.467. The van der Waals surface area contributed by atoms with Crippen LogP contribution in [-0.2, 0) is 25.2 Å². The van der Waals surface area contributed by atoms with E-state index in [9.17, 15) is 18.0 Å². The summed E-state index contributed by atoms with van der Waals surface area (Å²) in [5.74, 6) is 0.971. The Kier molecular flexibility index (Phi) is 6.75. The topological polar surface area (TPSA) is 68.8 Å². The maximum atomic E-state index is 15.1. The van der Waals surface area contributed by atoms with E-state index < -0.39 is 34.0 Å². The molecule has 0 amide bonds. The van der Waals surface area contributed by atoms with Crippen LogP contribution in [0.2, 0.25) is 0 Å². The molecular formula is C30H32F4N6O. The molecule has 0 bridgehead atoms. The maximum Gasteiger partial charge on any atom is 0.418 e. The molecule has 6 rings (SSSR count). The molecule has 7 nitrogen and oxygen atoms in total. The third-order valence-electron chi connectivity index (χ3n) is 8.62. The zero-order valence-electron chi connectivity index (χ0n) is 23.2. The highest BCUT2D eigenvalue weighted by molar-refractivity contribution is 5.82. The third kappa shape index (κ3) is 4.94. The Morgan fingerprint density at radius 2 is 1.83 bits per heavy atom. The van der Waals surface area contributed by atoms with Gasteiger partial charge in [-0.05, 0) is 85.5 Å². The Hall–Kier alpha value is -3.60. The number of rotatable bonds is 5. The van der Waals surface area contributed by atoms with Crippen molar-refractivity contribution < 1.29 is 17.6 Å². The van der Waals surface area contributed by atoms with E-state index in [-0.39, 0.29) is 11.1 Å². The highest BCUT2D eigenvalue weighted by atomic mass is 19.4. The molecule has 1 atom stereocenters. The van der Waals surface area contributed by atoms with E-state index >= 15 is 4.39 Å². The van der Waals surface area contributed by atoms with Crippen LogP contribution in [0.15, 0.2) is 47.8 Å². The van der Waals surface area contributed by atoms with Gasteiger partial charge < -0.3 is 4.57 Å². The van der Waals surface area contributed by atoms with Crippen molar-refractivity contribution in [3.8, 4) is 5.69 Å². The Bertz CT molecular complexity index is 1670. The summed E-state index contributed by atoms with van der Waals surface area (Å²) >= 11 is 0. The molecule has 1 aliphatic carbocycles. The molecule has 0 N–H and O–H groups in total. The number of hydrogen-bond donors (Lipinski definition) is 0. The first-order chi connectivity index (χ1) is 19.4. The molecule has 1 saturated heterocycles. The van der Waals surface area contributed by atoms with E-state index in [4.69, 9.17) is 0 Å². The SMILES string of the molecule is CC1CC(c2cc(F)cc(-n3cnc4c(C(F)(F)F)cc(CN5CCC[C@H](C)C5)cc4c3=O)c2)(c2nncn2C)C1. The van der Waals surface area contributed by atoms with Gasteiger partial charge in [-0.15, -0.1) is 10.2 Å². The molecule has 11 heteroatoms. The lowest BCUT2D eigenvalue weighted by Crippen LogP contribution is -2.43. The zero-order chi connectivity index (χ0) is 29.1. The second-order valence-electron chi connectivity index (χ2n) is 12.0. The molecule has 0 unspecified atom stereocenters. The monoisotopic (exact) mass is 568 g/mol. The lowest BCUT2D eigenvalue weighted by Gasteiger charge is -2.46. The number of hydrogen-bond acceptors (Lipinski definition) is 5. The normalized spacial score (nSPS) is 23.6. The summed E-state index contributed by atoms with van der Waals surface area (Å²) in [6.07, 6.45) is 1.47. The first-order valence-electron chi connectivity index (χ1n) is 13.9. The van der Waals surface area contributed by atoms with Crippen LogP contribution < -0.4 is 5.56 Å². The van der Waals surface area contributed by atoms with Gasteiger partial charge in [0.05, 0.1) is 27.6 Å². The number of nitrogens with zero attached hydrogens (tertiary/aromatic N) is 6. The average Bonchev–Trinajstić information content (AvgIpc) is 3.31. The van der Waals surface area contributed by atoms with E-state index in [2.05, 4.69) is 33.9 Å². The minimum atomic E-state index is -4.69. The van der Waals surface area contributed by atoms with Crippen molar-refractivity contribution in [3.63, 3.8) is 0 Å². The lowest BCUT2D eigenvalue weighted by atomic mass is 9.58. The van der Waals surface area contributed by atoms with Crippen molar-refractivity contribution in [2.45, 2.75) is 57.7 Å². The van der Waals surface area contributed by atoms with Gasteiger partial charge in [-0.2, -0.15) is 13.2 Å². The number of alkyl halides is 3. The molecule has 0 spiro atoms. The summed E-state index contributed by atoms with van der Waals surface area (Å²) in [5.41, 5.74) is -1.38. The van der Waals surface area contributed by atoms with Gasteiger partial charge in [0.2, 0.25) is 0 Å². The zero-order valence-corrected chi connectivity index (χ0v) is 23.2. The number of aryl methyl sites for hydroxylation is 1. The minimum Gasteiger partial charge on any atom is -0.320 e. The molecule has 41 heavy (non-hydrogen) atoms. The Morgan fingerprint density at radius 1 is 1.05 bits per heavy atom. The van der Waals surface area contributed by atoms with Gasteiger partial charge in [0.15, 0.2) is 0 Å². The predicted molar refractivity (Wildman–Crippen MR) is 146 cm³/mol. The number of halogens is 4. The van der Waals surface area contributed by atoms with Crippen LogP contribution in [-0.4, -0.2) is 42.3 Å². The molecule has 3 heterocycles. The van der Waals surface area contributed by atoms with Gasteiger partial charge in [-0.3, -0.25) is 14.3 Å². The Labute approximate surface area is 234 Å². The first kappa shape index (κ1) is 27.6. The van der Waals surface area contributed by atoms with Crippen molar-refractivity contribution in [1.29, 1.82) is 0 Å². The average molecular weight is 569 g/mol. The smallest absolute Gasteiger partial charge is 0.320 e. The molecule has 0 radical (unpaired) electrons. The van der Waals surface area contributed by atoms with Gasteiger partial charge in [-0.25, -0.2) is 9.37 Å². The van der Waals surface area contributed by atoms with Crippen molar-refractivity contribution in [3.05, 3.63) is 81.7 Å². The van der Waals surface area contributed by atoms with Gasteiger partial charge >= 0.3 is 6.18 Å². The number of aromatic nitrogens is 5. The summed E-state index contributed by atoms with van der Waals surface area (Å²) in [7, 11) is 1.83. The fourth-order valence-electron chi connectivity index (χ4n) is 6.86. The van der Waals surface area contributed by atoms with Crippen LogP contribution in [0.4, 0.5) is 17.6 Å². The van der Waals surface area contributed by atoms with Crippen LogP contribution >= 0.6 is 0 Å². The highest BCUT2D eigenvalue weighted by Crippen LogP contribution is 2.51. The van der Waals surface area contributed by atoms with Crippen LogP contribution in [0.1, 0.15) is 62.0 Å². The van der Waals surface area contributed by atoms with E-state index in [0.717, 1.165) is 55.7 Å². The van der Waals surface area contributed by atoms with E-state index in [1.165, 1.54) is 18.2 Å². The van der Waals surface area contributed by atoms with E-state index in [0.29, 0.717) is 35.3 Å². The molecule has 4 aromatic rings. The summed E-state index contributed by atoms with van der Waals surface area (Å²) in [6, 6.07) is 6.95. The van der Waals surface area contributed by atoms with Crippen LogP contribution in [0.25, 0.3) is 16.6 Å². The van der Waals surface area contributed by atoms with Gasteiger partial charge in [0.1, 0.15) is 24.3 Å². The summed E-state index contributed by atoms with van der Waals surface area (Å²) in [4.78, 5) is 20.0. The second kappa shape index (κ2) is 10.0. The summed E-state index contributed by atoms with van der Waals surface area (Å²) in [6.45, 7) is 6.11. The molecule has 2 aromatic carbocycles. The summed E-state index contributed by atoms with van der Waals surface area (Å²) in [5, 5.41) is 8.17. The molecule has 2 fully saturated rings. The van der Waals surface area contributed by atoms with Gasteiger partial charge in [-0.1, -0.05) is 13.8 Å². The predicted octanol–water partition coefficient (Wildman–Crippen LogP) is 5.62. The van der Waals surface area contributed by atoms with Gasteiger partial charge in [0.25, 0.3) is 5.56 Å². The minimum absolute atomic E-state index is 0.145. The third-order valence-corrected chi connectivity index (χ3v) is 8.62. The number of piperidine rings is 1. The second-order valence-corrected chi connectivity index (χ2v) is 12.0. The quantitative estimate of drug-likeness (QED) is 0.293. The molecule has 2 aliphatic rings. The van der Waals surface area contributed by atoms with Crippen molar-refractivity contribution >= 4 is 10.9 Å². The number of likely N-dealkylation sites (tertiary alicyclic amines) is 1. The van der Waals surface area contributed by atoms with Crippen molar-refractivity contribution in [2.24, 2.45) is 18.9 Å². The first-order valence-corrected chi connectivity index (χ1v) is 13.9. The Balaban J connectivity index is 1.47. The molecule has 2 aromatic heterocycles. The highest BCUT2D eigenvalue weighted by Gasteiger charge is 2.48. The lowest BCUT2D eigenvalue weighted by molar-refractivity contribution is -0.136. The van der Waals surface area contributed by atoms with Crippen LogP contribution in [0.3, 0.4) is 0 Å². The molecule has 216 valence electrons. The standard InChI is InChI=1S/C30H32F4N6O/c1-18-5-4-6-39(14-18)15-20-7-24-26(25(8-20)30(32,33)34)35-16-40(27(24)41)23-10-21(9-22(31)11-23)29(12-19(2)13-29)28-37-36-17-38(28)3/h7-11,16-19H,4-6,12-15H2,1-3H3/t18-,19?,29?/m0/s1. The van der Waals surface area contributed by atoms with Crippen LogP contribution in [0, 0.1) is 17.7 Å². The van der Waals surface area contributed by atoms with Gasteiger partial charge in [0, 0.05) is 20.1 Å². The largest absolute Gasteiger partial charge is 0.418 e. The fourth-order valence-corrected chi connectivity index (χ4v) is 6.86. The Morgan fingerprint density at radius 3 is 2.49 bits per heavy atom.